The Morgan fingerprint density at radius 2 is 2.00 bits per heavy atom. The van der Waals surface area contributed by atoms with Gasteiger partial charge in [0.1, 0.15) is 5.82 Å². The maximum absolute atomic E-state index is 12.6. The van der Waals surface area contributed by atoms with Crippen LogP contribution in [0.2, 0.25) is 0 Å². The maximum atomic E-state index is 12.6. The average Bonchev–Trinajstić information content (AvgIpc) is 2.92. The lowest BCUT2D eigenvalue weighted by atomic mass is 10.2. The van der Waals surface area contributed by atoms with Gasteiger partial charge in [-0.25, -0.2) is 4.98 Å². The van der Waals surface area contributed by atoms with Gasteiger partial charge >= 0.3 is 0 Å². The molecule has 0 saturated carbocycles. The Bertz CT molecular complexity index is 757. The first-order valence-corrected chi connectivity index (χ1v) is 8.81. The minimum atomic E-state index is -3.67. The van der Waals surface area contributed by atoms with Gasteiger partial charge in [0.05, 0.1) is 11.4 Å². The molecule has 3 rings (SSSR count). The first-order valence-electron chi connectivity index (χ1n) is 7.32. The second kappa shape index (κ2) is 5.64. The molecule has 1 aliphatic heterocycles. The van der Waals surface area contributed by atoms with Gasteiger partial charge in [0.25, 0.3) is 10.0 Å². The summed E-state index contributed by atoms with van der Waals surface area (Å²) in [4.78, 5) is 6.16. The van der Waals surface area contributed by atoms with Crippen LogP contribution in [0.3, 0.4) is 0 Å². The summed E-state index contributed by atoms with van der Waals surface area (Å²) in [5, 5.41) is 0.0953. The lowest BCUT2D eigenvalue weighted by Crippen LogP contribution is -2.17. The number of nitrogens with zero attached hydrogens (tertiary/aromatic N) is 3. The molecule has 1 aromatic heterocycles. The number of rotatable bonds is 4. The second-order valence-corrected chi connectivity index (χ2v) is 7.29. The zero-order valence-corrected chi connectivity index (χ0v) is 13.6. The highest BCUT2D eigenvalue weighted by molar-refractivity contribution is 7.92. The third-order valence-electron chi connectivity index (χ3n) is 3.79. The van der Waals surface area contributed by atoms with Crippen molar-refractivity contribution in [2.75, 3.05) is 23.7 Å². The predicted molar refractivity (Wildman–Crippen MR) is 86.7 cm³/mol. The average molecular weight is 320 g/mol. The topological polar surface area (TPSA) is 67.2 Å². The predicted octanol–water partition coefficient (Wildman–Crippen LogP) is 2.09. The van der Waals surface area contributed by atoms with Crippen LogP contribution in [0.25, 0.3) is 0 Å². The van der Waals surface area contributed by atoms with Crippen molar-refractivity contribution in [1.29, 1.82) is 0 Å². The molecule has 2 heterocycles. The van der Waals surface area contributed by atoms with E-state index in [0.717, 1.165) is 37.3 Å². The molecule has 0 saturated heterocycles. The highest BCUT2D eigenvalue weighted by Crippen LogP contribution is 2.26. The highest BCUT2D eigenvalue weighted by Gasteiger charge is 2.23. The molecule has 1 N–H and O–H groups in total. The van der Waals surface area contributed by atoms with Crippen molar-refractivity contribution >= 4 is 21.4 Å². The molecular weight excluding hydrogens is 300 g/mol. The lowest BCUT2D eigenvalue weighted by Gasteiger charge is -2.17. The van der Waals surface area contributed by atoms with E-state index in [1.165, 1.54) is 0 Å². The standard InChI is InChI=1S/C15H20N4O2S/c1-18(2)13-8-4-3-7-12(13)17-22(20,21)15-11-19-10-6-5-9-14(19)16-15/h3-4,7-8,11,17H,5-6,9-10H2,1-2H3. The summed E-state index contributed by atoms with van der Waals surface area (Å²) in [7, 11) is 0.0828. The van der Waals surface area contributed by atoms with E-state index in [1.807, 2.05) is 41.8 Å². The van der Waals surface area contributed by atoms with E-state index in [9.17, 15) is 8.42 Å². The van der Waals surface area contributed by atoms with Crippen molar-refractivity contribution in [1.82, 2.24) is 9.55 Å². The van der Waals surface area contributed by atoms with E-state index >= 15 is 0 Å². The molecule has 0 fully saturated rings. The Labute approximate surface area is 130 Å². The van der Waals surface area contributed by atoms with Crippen molar-refractivity contribution in [2.24, 2.45) is 0 Å². The Morgan fingerprint density at radius 1 is 1.23 bits per heavy atom. The van der Waals surface area contributed by atoms with Crippen molar-refractivity contribution < 1.29 is 8.42 Å². The van der Waals surface area contributed by atoms with E-state index in [1.54, 1.807) is 12.3 Å². The lowest BCUT2D eigenvalue weighted by molar-refractivity contribution is 0.522. The summed E-state index contributed by atoms with van der Waals surface area (Å²) in [5.74, 6) is 0.854. The summed E-state index contributed by atoms with van der Waals surface area (Å²) in [6.07, 6.45) is 4.60. The molecule has 7 heteroatoms. The van der Waals surface area contributed by atoms with E-state index in [0.29, 0.717) is 5.69 Å². The van der Waals surface area contributed by atoms with Crippen LogP contribution in [0.5, 0.6) is 0 Å². The summed E-state index contributed by atoms with van der Waals surface area (Å²) >= 11 is 0. The Balaban J connectivity index is 1.93. The fraction of sp³-hybridized carbons (Fsp3) is 0.400. The van der Waals surface area contributed by atoms with Crippen LogP contribution in [0, 0.1) is 0 Å². The number of sulfonamides is 1. The zero-order valence-electron chi connectivity index (χ0n) is 12.8. The van der Waals surface area contributed by atoms with E-state index < -0.39 is 10.0 Å². The van der Waals surface area contributed by atoms with Gasteiger partial charge in [-0.15, -0.1) is 0 Å². The van der Waals surface area contributed by atoms with Crippen LogP contribution in [0.15, 0.2) is 35.5 Å². The quantitative estimate of drug-likeness (QED) is 0.936. The molecular formula is C15H20N4O2S. The molecule has 0 unspecified atom stereocenters. The number of fused-ring (bicyclic) bond motifs is 1. The monoisotopic (exact) mass is 320 g/mol. The fourth-order valence-corrected chi connectivity index (χ4v) is 3.72. The van der Waals surface area contributed by atoms with E-state index in [-0.39, 0.29) is 5.03 Å². The van der Waals surface area contributed by atoms with Crippen LogP contribution in [0.4, 0.5) is 11.4 Å². The summed E-state index contributed by atoms with van der Waals surface area (Å²) in [6, 6.07) is 7.31. The Hall–Kier alpha value is -2.02. The largest absolute Gasteiger partial charge is 0.376 e. The van der Waals surface area contributed by atoms with Crippen LogP contribution < -0.4 is 9.62 Å². The normalized spacial score (nSPS) is 14.5. The molecule has 0 radical (unpaired) electrons. The first-order chi connectivity index (χ1) is 10.5. The maximum Gasteiger partial charge on any atom is 0.281 e. The number of aromatic nitrogens is 2. The van der Waals surface area contributed by atoms with Crippen LogP contribution in [0.1, 0.15) is 18.7 Å². The summed E-state index contributed by atoms with van der Waals surface area (Å²) in [6.45, 7) is 0.839. The molecule has 22 heavy (non-hydrogen) atoms. The molecule has 0 spiro atoms. The number of nitrogens with one attached hydrogen (secondary N) is 1. The van der Waals surface area contributed by atoms with Gasteiger partial charge in [-0.1, -0.05) is 12.1 Å². The second-order valence-electron chi connectivity index (χ2n) is 5.66. The third-order valence-corrected chi connectivity index (χ3v) is 5.03. The number of hydrogen-bond donors (Lipinski definition) is 1. The summed E-state index contributed by atoms with van der Waals surface area (Å²) < 4.78 is 29.8. The number of hydrogen-bond acceptors (Lipinski definition) is 4. The molecule has 0 amide bonds. The van der Waals surface area contributed by atoms with Crippen molar-refractivity contribution in [3.63, 3.8) is 0 Å². The van der Waals surface area contributed by atoms with E-state index in [2.05, 4.69) is 9.71 Å². The molecule has 0 atom stereocenters. The number of para-hydroxylation sites is 2. The minimum absolute atomic E-state index is 0.0953. The number of aryl methyl sites for hydroxylation is 2. The number of anilines is 2. The number of benzene rings is 1. The summed E-state index contributed by atoms with van der Waals surface area (Å²) in [5.41, 5.74) is 1.37. The Kier molecular flexibility index (Phi) is 3.82. The molecule has 118 valence electrons. The van der Waals surface area contributed by atoms with Crippen LogP contribution >= 0.6 is 0 Å². The van der Waals surface area contributed by atoms with Gasteiger partial charge in [0, 0.05) is 33.3 Å². The van der Waals surface area contributed by atoms with Crippen molar-refractivity contribution in [2.45, 2.75) is 30.8 Å². The SMILES string of the molecule is CN(C)c1ccccc1NS(=O)(=O)c1cn2c(n1)CCCC2. The smallest absolute Gasteiger partial charge is 0.281 e. The molecule has 6 nitrogen and oxygen atoms in total. The van der Waals surface area contributed by atoms with Gasteiger partial charge in [-0.2, -0.15) is 8.42 Å². The van der Waals surface area contributed by atoms with Crippen molar-refractivity contribution in [3.8, 4) is 0 Å². The van der Waals surface area contributed by atoms with E-state index in [4.69, 9.17) is 0 Å². The zero-order chi connectivity index (χ0) is 15.7. The molecule has 1 aliphatic rings. The number of imidazole rings is 1. The highest BCUT2D eigenvalue weighted by atomic mass is 32.2. The van der Waals surface area contributed by atoms with Crippen LogP contribution in [-0.4, -0.2) is 32.1 Å². The van der Waals surface area contributed by atoms with Gasteiger partial charge in [0.15, 0.2) is 5.03 Å². The fourth-order valence-electron chi connectivity index (χ4n) is 2.66. The third kappa shape index (κ3) is 2.81. The van der Waals surface area contributed by atoms with Gasteiger partial charge in [-0.05, 0) is 25.0 Å². The molecule has 0 aliphatic carbocycles. The van der Waals surface area contributed by atoms with Crippen LogP contribution in [-0.2, 0) is 23.0 Å². The van der Waals surface area contributed by atoms with Gasteiger partial charge in [0.2, 0.25) is 0 Å². The molecule has 1 aromatic carbocycles. The molecule has 2 aromatic rings. The minimum Gasteiger partial charge on any atom is -0.376 e. The first kappa shape index (κ1) is 14.9. The van der Waals surface area contributed by atoms with Crippen molar-refractivity contribution in [3.05, 3.63) is 36.3 Å². The van der Waals surface area contributed by atoms with Gasteiger partial charge in [-0.3, -0.25) is 4.72 Å². The Morgan fingerprint density at radius 3 is 2.73 bits per heavy atom. The molecule has 0 bridgehead atoms. The van der Waals surface area contributed by atoms with Gasteiger partial charge < -0.3 is 9.47 Å².